The minimum atomic E-state index is -3.74. The maximum absolute atomic E-state index is 13.3. The largest absolute Gasteiger partial charge is 0.241 e. The van der Waals surface area contributed by atoms with E-state index < -0.39 is 16.1 Å². The Balaban J connectivity index is 2.03. The van der Waals surface area contributed by atoms with Gasteiger partial charge in [-0.05, 0) is 55.5 Å². The Morgan fingerprint density at radius 3 is 2.07 bits per heavy atom. The fraction of sp³-hybridized carbons (Fsp3) is 0.300. The normalized spacial score (nSPS) is 12.9. The van der Waals surface area contributed by atoms with Crippen molar-refractivity contribution in [3.05, 3.63) is 76.6 Å². The van der Waals surface area contributed by atoms with Gasteiger partial charge in [0, 0.05) is 0 Å². The molecular formula is C20H24N4O2S. The molecule has 0 aliphatic heterocycles. The van der Waals surface area contributed by atoms with E-state index in [1.165, 1.54) is 4.80 Å². The summed E-state index contributed by atoms with van der Waals surface area (Å²) in [5.74, 6) is 0. The summed E-state index contributed by atoms with van der Waals surface area (Å²) in [6.07, 6.45) is 3.16. The Morgan fingerprint density at radius 2 is 1.52 bits per heavy atom. The molecule has 0 aliphatic rings. The van der Waals surface area contributed by atoms with Gasteiger partial charge in [0.05, 0.1) is 29.9 Å². The molecule has 1 heterocycles. The lowest BCUT2D eigenvalue weighted by atomic mass is 10.0. The van der Waals surface area contributed by atoms with Gasteiger partial charge in [-0.1, -0.05) is 36.4 Å². The van der Waals surface area contributed by atoms with E-state index in [1.54, 1.807) is 12.4 Å². The molecule has 0 saturated heterocycles. The predicted octanol–water partition coefficient (Wildman–Crippen LogP) is 3.23. The number of nitrogens with one attached hydrogen (secondary N) is 1. The van der Waals surface area contributed by atoms with Gasteiger partial charge in [0.2, 0.25) is 10.0 Å². The molecule has 3 aromatic rings. The maximum Gasteiger partial charge on any atom is 0.241 e. The van der Waals surface area contributed by atoms with Crippen LogP contribution in [0.1, 0.15) is 33.9 Å². The Kier molecular flexibility index (Phi) is 5.43. The highest BCUT2D eigenvalue weighted by molar-refractivity contribution is 7.89. The lowest BCUT2D eigenvalue weighted by Gasteiger charge is -2.22. The lowest BCUT2D eigenvalue weighted by molar-refractivity contribution is 0.444. The summed E-state index contributed by atoms with van der Waals surface area (Å²) in [5.41, 5.74) is 4.33. The molecule has 0 aliphatic carbocycles. The summed E-state index contributed by atoms with van der Waals surface area (Å²) in [6.45, 7) is 7.87. The third-order valence-corrected chi connectivity index (χ3v) is 6.62. The van der Waals surface area contributed by atoms with E-state index in [0.29, 0.717) is 11.4 Å². The van der Waals surface area contributed by atoms with Gasteiger partial charge in [0.25, 0.3) is 0 Å². The highest BCUT2D eigenvalue weighted by Crippen LogP contribution is 2.28. The average Bonchev–Trinajstić information content (AvgIpc) is 3.13. The van der Waals surface area contributed by atoms with Gasteiger partial charge in [-0.2, -0.15) is 15.0 Å². The summed E-state index contributed by atoms with van der Waals surface area (Å²) < 4.78 is 29.5. The molecule has 1 atom stereocenters. The number of rotatable bonds is 6. The molecule has 27 heavy (non-hydrogen) atoms. The van der Waals surface area contributed by atoms with Gasteiger partial charge in [-0.25, -0.2) is 13.1 Å². The van der Waals surface area contributed by atoms with Gasteiger partial charge in [0.15, 0.2) is 0 Å². The van der Waals surface area contributed by atoms with Crippen LogP contribution in [-0.2, 0) is 16.6 Å². The SMILES string of the molecule is Cc1cc(C)c(C)c(S(=O)(=O)NC(Cn2nccn2)c2ccccc2)c1C. The number of sulfonamides is 1. The van der Waals surface area contributed by atoms with E-state index in [2.05, 4.69) is 14.9 Å². The molecule has 0 amide bonds. The molecule has 0 spiro atoms. The van der Waals surface area contributed by atoms with E-state index in [0.717, 1.165) is 27.8 Å². The molecule has 7 heteroatoms. The van der Waals surface area contributed by atoms with Crippen molar-refractivity contribution in [3.8, 4) is 0 Å². The van der Waals surface area contributed by atoms with Crippen LogP contribution in [0.25, 0.3) is 0 Å². The highest BCUT2D eigenvalue weighted by Gasteiger charge is 2.26. The highest BCUT2D eigenvalue weighted by atomic mass is 32.2. The van der Waals surface area contributed by atoms with Gasteiger partial charge in [-0.3, -0.25) is 0 Å². The summed E-state index contributed by atoms with van der Waals surface area (Å²) >= 11 is 0. The van der Waals surface area contributed by atoms with Crippen LogP contribution in [0.2, 0.25) is 0 Å². The van der Waals surface area contributed by atoms with Crippen molar-refractivity contribution in [2.24, 2.45) is 0 Å². The first-order valence-electron chi connectivity index (χ1n) is 8.78. The second kappa shape index (κ2) is 7.62. The molecule has 142 valence electrons. The van der Waals surface area contributed by atoms with Crippen LogP contribution in [0.4, 0.5) is 0 Å². The van der Waals surface area contributed by atoms with E-state index in [9.17, 15) is 8.42 Å². The molecule has 1 aromatic heterocycles. The third-order valence-electron chi connectivity index (χ3n) is 4.88. The van der Waals surface area contributed by atoms with E-state index in [-0.39, 0.29) is 0 Å². The molecule has 0 fully saturated rings. The lowest BCUT2D eigenvalue weighted by Crippen LogP contribution is -2.33. The topological polar surface area (TPSA) is 76.9 Å². The minimum Gasteiger partial charge on any atom is -0.207 e. The van der Waals surface area contributed by atoms with Crippen molar-refractivity contribution < 1.29 is 8.42 Å². The zero-order valence-electron chi connectivity index (χ0n) is 16.0. The zero-order chi connectivity index (χ0) is 19.6. The monoisotopic (exact) mass is 384 g/mol. The van der Waals surface area contributed by atoms with Crippen LogP contribution in [0, 0.1) is 27.7 Å². The third kappa shape index (κ3) is 4.09. The second-order valence-corrected chi connectivity index (χ2v) is 8.41. The fourth-order valence-corrected chi connectivity index (χ4v) is 5.06. The number of aromatic nitrogens is 3. The summed E-state index contributed by atoms with van der Waals surface area (Å²) in [7, 11) is -3.74. The minimum absolute atomic E-state index is 0.305. The molecule has 1 unspecified atom stereocenters. The Labute approximate surface area is 160 Å². The van der Waals surface area contributed by atoms with Crippen LogP contribution in [-0.4, -0.2) is 23.4 Å². The van der Waals surface area contributed by atoms with Gasteiger partial charge < -0.3 is 0 Å². The molecule has 3 rings (SSSR count). The van der Waals surface area contributed by atoms with Crippen LogP contribution in [0.5, 0.6) is 0 Å². The zero-order valence-corrected chi connectivity index (χ0v) is 16.8. The van der Waals surface area contributed by atoms with Crippen LogP contribution < -0.4 is 4.72 Å². The Bertz CT molecular complexity index is 1000. The van der Waals surface area contributed by atoms with Crippen LogP contribution in [0.15, 0.2) is 53.7 Å². The Hall–Kier alpha value is -2.51. The van der Waals surface area contributed by atoms with Crippen molar-refractivity contribution in [2.75, 3.05) is 0 Å². The number of hydrogen-bond donors (Lipinski definition) is 1. The maximum atomic E-state index is 13.3. The van der Waals surface area contributed by atoms with Crippen molar-refractivity contribution in [1.82, 2.24) is 19.7 Å². The number of hydrogen-bond acceptors (Lipinski definition) is 4. The summed E-state index contributed by atoms with van der Waals surface area (Å²) in [4.78, 5) is 1.84. The van der Waals surface area contributed by atoms with Crippen molar-refractivity contribution in [3.63, 3.8) is 0 Å². The fourth-order valence-electron chi connectivity index (χ4n) is 3.23. The average molecular weight is 385 g/mol. The quantitative estimate of drug-likeness (QED) is 0.708. The molecule has 6 nitrogen and oxygen atoms in total. The Morgan fingerprint density at radius 1 is 0.963 bits per heavy atom. The van der Waals surface area contributed by atoms with Crippen molar-refractivity contribution >= 4 is 10.0 Å². The first-order chi connectivity index (χ1) is 12.8. The standard InChI is InChI=1S/C20H24N4O2S/c1-14-12-15(2)17(4)20(16(14)3)27(25,26)23-19(13-24-21-10-11-22-24)18-8-6-5-7-9-18/h5-12,19,23H,13H2,1-4H3. The first-order valence-corrected chi connectivity index (χ1v) is 10.3. The van der Waals surface area contributed by atoms with Crippen molar-refractivity contribution in [2.45, 2.75) is 45.2 Å². The van der Waals surface area contributed by atoms with Crippen molar-refractivity contribution in [1.29, 1.82) is 0 Å². The van der Waals surface area contributed by atoms with Crippen LogP contribution in [0.3, 0.4) is 0 Å². The molecule has 2 aromatic carbocycles. The van der Waals surface area contributed by atoms with E-state index in [1.807, 2.05) is 64.1 Å². The molecule has 0 radical (unpaired) electrons. The van der Waals surface area contributed by atoms with Gasteiger partial charge >= 0.3 is 0 Å². The predicted molar refractivity (Wildman–Crippen MR) is 105 cm³/mol. The van der Waals surface area contributed by atoms with E-state index >= 15 is 0 Å². The summed E-state index contributed by atoms with van der Waals surface area (Å²) in [5, 5.41) is 8.24. The number of aryl methyl sites for hydroxylation is 2. The number of benzene rings is 2. The number of nitrogens with zero attached hydrogens (tertiary/aromatic N) is 3. The van der Waals surface area contributed by atoms with E-state index in [4.69, 9.17) is 0 Å². The molecule has 0 saturated carbocycles. The van der Waals surface area contributed by atoms with Crippen LogP contribution >= 0.6 is 0 Å². The van der Waals surface area contributed by atoms with Gasteiger partial charge in [0.1, 0.15) is 0 Å². The summed E-state index contributed by atoms with van der Waals surface area (Å²) in [6, 6.07) is 11.0. The molecule has 0 bridgehead atoms. The molecule has 1 N–H and O–H groups in total. The smallest absolute Gasteiger partial charge is 0.207 e. The second-order valence-electron chi connectivity index (χ2n) is 6.76. The van der Waals surface area contributed by atoms with Gasteiger partial charge in [-0.15, -0.1) is 0 Å². The molecular weight excluding hydrogens is 360 g/mol. The first kappa shape index (κ1) is 19.3.